The lowest BCUT2D eigenvalue weighted by atomic mass is 10.1. The Balaban J connectivity index is 2.04. The minimum atomic E-state index is -0.201. The first-order chi connectivity index (χ1) is 7.65. The van der Waals surface area contributed by atoms with Gasteiger partial charge in [0.25, 0.3) is 0 Å². The van der Waals surface area contributed by atoms with Gasteiger partial charge in [-0.25, -0.2) is 9.37 Å². The van der Waals surface area contributed by atoms with Crippen molar-refractivity contribution < 1.29 is 4.39 Å². The molecule has 1 heterocycles. The Morgan fingerprint density at radius 2 is 2.19 bits per heavy atom. The van der Waals surface area contributed by atoms with Gasteiger partial charge < -0.3 is 5.32 Å². The summed E-state index contributed by atoms with van der Waals surface area (Å²) in [6.07, 6.45) is 0. The summed E-state index contributed by atoms with van der Waals surface area (Å²) in [6.45, 7) is 4.39. The van der Waals surface area contributed by atoms with Gasteiger partial charge in [0.1, 0.15) is 11.6 Å². The molecular formula is C11H12FN3S. The molecule has 0 aliphatic carbocycles. The van der Waals surface area contributed by atoms with Gasteiger partial charge in [-0.3, -0.25) is 0 Å². The van der Waals surface area contributed by atoms with Crippen molar-refractivity contribution >= 4 is 16.7 Å². The molecule has 0 aliphatic rings. The van der Waals surface area contributed by atoms with Crippen LogP contribution in [0, 0.1) is 19.7 Å². The summed E-state index contributed by atoms with van der Waals surface area (Å²) in [4.78, 5) is 4.20. The van der Waals surface area contributed by atoms with Gasteiger partial charge in [-0.15, -0.1) is 0 Å². The molecule has 0 aliphatic heterocycles. The van der Waals surface area contributed by atoms with Crippen LogP contribution in [0.5, 0.6) is 0 Å². The maximum absolute atomic E-state index is 12.9. The molecule has 84 valence electrons. The van der Waals surface area contributed by atoms with Gasteiger partial charge in [0.05, 0.1) is 0 Å². The Morgan fingerprint density at radius 1 is 1.38 bits per heavy atom. The molecule has 5 heteroatoms. The van der Waals surface area contributed by atoms with E-state index in [1.807, 2.05) is 13.8 Å². The summed E-state index contributed by atoms with van der Waals surface area (Å²) in [5.74, 6) is 0.566. The molecule has 2 aromatic rings. The second-order valence-corrected chi connectivity index (χ2v) is 4.32. The predicted octanol–water partition coefficient (Wildman–Crippen LogP) is 2.91. The Hall–Kier alpha value is -1.49. The smallest absolute Gasteiger partial charge is 0.202 e. The van der Waals surface area contributed by atoms with E-state index < -0.39 is 0 Å². The van der Waals surface area contributed by atoms with Crippen molar-refractivity contribution in [2.24, 2.45) is 0 Å². The van der Waals surface area contributed by atoms with Crippen LogP contribution >= 0.6 is 11.5 Å². The Morgan fingerprint density at radius 3 is 2.81 bits per heavy atom. The Kier molecular flexibility index (Phi) is 3.14. The van der Waals surface area contributed by atoms with Gasteiger partial charge in [-0.1, -0.05) is 6.07 Å². The monoisotopic (exact) mass is 237 g/mol. The lowest BCUT2D eigenvalue weighted by Crippen LogP contribution is -2.01. The van der Waals surface area contributed by atoms with Crippen molar-refractivity contribution in [2.75, 3.05) is 5.32 Å². The van der Waals surface area contributed by atoms with E-state index in [0.717, 1.165) is 22.1 Å². The molecule has 0 bridgehead atoms. The highest BCUT2D eigenvalue weighted by Crippen LogP contribution is 2.14. The fourth-order valence-electron chi connectivity index (χ4n) is 1.40. The summed E-state index contributed by atoms with van der Waals surface area (Å²) in [6, 6.07) is 4.78. The summed E-state index contributed by atoms with van der Waals surface area (Å²) in [5.41, 5.74) is 2.00. The van der Waals surface area contributed by atoms with Crippen LogP contribution in [0.4, 0.5) is 9.52 Å². The molecule has 0 saturated heterocycles. The fraction of sp³-hybridized carbons (Fsp3) is 0.273. The van der Waals surface area contributed by atoms with Crippen LogP contribution in [-0.2, 0) is 6.54 Å². The number of rotatable bonds is 3. The van der Waals surface area contributed by atoms with Crippen LogP contribution in [0.25, 0.3) is 0 Å². The maximum Gasteiger partial charge on any atom is 0.202 e. The first-order valence-corrected chi connectivity index (χ1v) is 5.72. The summed E-state index contributed by atoms with van der Waals surface area (Å²) < 4.78 is 16.9. The maximum atomic E-state index is 12.9. The van der Waals surface area contributed by atoms with Crippen molar-refractivity contribution in [1.82, 2.24) is 9.36 Å². The van der Waals surface area contributed by atoms with E-state index in [0.29, 0.717) is 6.54 Å². The number of anilines is 1. The molecule has 16 heavy (non-hydrogen) atoms. The van der Waals surface area contributed by atoms with Crippen molar-refractivity contribution in [3.05, 3.63) is 41.0 Å². The summed E-state index contributed by atoms with van der Waals surface area (Å²) >= 11 is 1.33. The van der Waals surface area contributed by atoms with E-state index in [1.165, 1.54) is 23.7 Å². The fourth-order valence-corrected chi connectivity index (χ4v) is 1.97. The molecule has 1 N–H and O–H groups in total. The molecule has 0 spiro atoms. The molecule has 3 nitrogen and oxygen atoms in total. The minimum absolute atomic E-state index is 0.201. The van der Waals surface area contributed by atoms with Crippen LogP contribution < -0.4 is 5.32 Å². The van der Waals surface area contributed by atoms with Gasteiger partial charge in [0.2, 0.25) is 5.13 Å². The van der Waals surface area contributed by atoms with Gasteiger partial charge >= 0.3 is 0 Å². The van der Waals surface area contributed by atoms with Crippen LogP contribution in [0.1, 0.15) is 17.0 Å². The number of aromatic nitrogens is 2. The van der Waals surface area contributed by atoms with Crippen LogP contribution in [-0.4, -0.2) is 9.36 Å². The molecule has 1 aromatic heterocycles. The van der Waals surface area contributed by atoms with Crippen molar-refractivity contribution in [2.45, 2.75) is 20.4 Å². The molecule has 0 saturated carbocycles. The topological polar surface area (TPSA) is 37.8 Å². The largest absolute Gasteiger partial charge is 0.356 e. The summed E-state index contributed by atoms with van der Waals surface area (Å²) in [5, 5.41) is 3.96. The third-order valence-electron chi connectivity index (χ3n) is 2.26. The third-order valence-corrected chi connectivity index (χ3v) is 3.03. The predicted molar refractivity (Wildman–Crippen MR) is 63.1 cm³/mol. The number of halogens is 1. The van der Waals surface area contributed by atoms with Gasteiger partial charge in [-0.05, 0) is 37.1 Å². The van der Waals surface area contributed by atoms with E-state index in [4.69, 9.17) is 0 Å². The van der Waals surface area contributed by atoms with E-state index in [9.17, 15) is 4.39 Å². The summed E-state index contributed by atoms with van der Waals surface area (Å²) in [7, 11) is 0. The second kappa shape index (κ2) is 4.57. The highest BCUT2D eigenvalue weighted by Gasteiger charge is 2.02. The van der Waals surface area contributed by atoms with E-state index in [2.05, 4.69) is 14.7 Å². The minimum Gasteiger partial charge on any atom is -0.356 e. The Bertz CT molecular complexity index is 496. The lowest BCUT2D eigenvalue weighted by molar-refractivity contribution is 0.625. The number of nitrogens with zero attached hydrogens (tertiary/aromatic N) is 2. The number of hydrogen-bond acceptors (Lipinski definition) is 4. The SMILES string of the molecule is Cc1nsc(NCc2ccc(F)cc2C)n1. The highest BCUT2D eigenvalue weighted by molar-refractivity contribution is 7.09. The van der Waals surface area contributed by atoms with E-state index in [1.54, 1.807) is 6.07 Å². The van der Waals surface area contributed by atoms with Crippen LogP contribution in [0.3, 0.4) is 0 Å². The number of benzene rings is 1. The second-order valence-electron chi connectivity index (χ2n) is 3.57. The first-order valence-electron chi connectivity index (χ1n) is 4.94. The van der Waals surface area contributed by atoms with Crippen molar-refractivity contribution in [1.29, 1.82) is 0 Å². The standard InChI is InChI=1S/C11H12FN3S/c1-7-5-10(12)4-3-9(7)6-13-11-14-8(2)15-16-11/h3-5H,6H2,1-2H3,(H,13,14,15). The molecule has 0 atom stereocenters. The molecule has 0 amide bonds. The molecule has 1 aromatic carbocycles. The Labute approximate surface area is 97.5 Å². The zero-order valence-corrected chi connectivity index (χ0v) is 9.94. The average Bonchev–Trinajstić information content (AvgIpc) is 2.63. The van der Waals surface area contributed by atoms with E-state index in [-0.39, 0.29) is 5.82 Å². The quantitative estimate of drug-likeness (QED) is 0.892. The molecule has 0 unspecified atom stereocenters. The van der Waals surface area contributed by atoms with E-state index >= 15 is 0 Å². The van der Waals surface area contributed by atoms with Gasteiger partial charge in [0, 0.05) is 18.1 Å². The zero-order valence-electron chi connectivity index (χ0n) is 9.12. The van der Waals surface area contributed by atoms with Crippen molar-refractivity contribution in [3.8, 4) is 0 Å². The highest BCUT2D eigenvalue weighted by atomic mass is 32.1. The molecule has 0 radical (unpaired) electrons. The number of hydrogen-bond donors (Lipinski definition) is 1. The molecular weight excluding hydrogens is 225 g/mol. The zero-order chi connectivity index (χ0) is 11.5. The number of aryl methyl sites for hydroxylation is 2. The molecule has 0 fully saturated rings. The first kappa shape index (κ1) is 11.0. The van der Waals surface area contributed by atoms with Gasteiger partial charge in [-0.2, -0.15) is 4.37 Å². The van der Waals surface area contributed by atoms with Crippen LogP contribution in [0.15, 0.2) is 18.2 Å². The number of nitrogens with one attached hydrogen (secondary N) is 1. The van der Waals surface area contributed by atoms with Gasteiger partial charge in [0.15, 0.2) is 0 Å². The van der Waals surface area contributed by atoms with Crippen LogP contribution in [0.2, 0.25) is 0 Å². The average molecular weight is 237 g/mol. The van der Waals surface area contributed by atoms with Crippen molar-refractivity contribution in [3.63, 3.8) is 0 Å². The normalized spacial score (nSPS) is 10.4. The lowest BCUT2D eigenvalue weighted by Gasteiger charge is -2.06. The third kappa shape index (κ3) is 2.55. The molecule has 2 rings (SSSR count).